The molecule has 0 aliphatic heterocycles. The van der Waals surface area contributed by atoms with Crippen molar-refractivity contribution in [2.45, 2.75) is 70.3 Å². The van der Waals surface area contributed by atoms with Crippen LogP contribution in [0.3, 0.4) is 0 Å². The Kier molecular flexibility index (Phi) is 3.94. The number of phenols is 1. The molecule has 3 nitrogen and oxygen atoms in total. The van der Waals surface area contributed by atoms with Gasteiger partial charge in [0.25, 0.3) is 0 Å². The minimum atomic E-state index is -0.637. The van der Waals surface area contributed by atoms with Crippen LogP contribution in [-0.4, -0.2) is 21.6 Å². The molecule has 3 heteroatoms. The molecule has 0 bridgehead atoms. The number of allylic oxidation sites excluding steroid dienone is 4. The highest BCUT2D eigenvalue weighted by Crippen LogP contribution is 2.66. The molecule has 2 saturated carbocycles. The zero-order valence-electron chi connectivity index (χ0n) is 16.9. The molecule has 4 aliphatic carbocycles. The topological polar surface area (TPSA) is 57.5 Å². The molecule has 28 heavy (non-hydrogen) atoms. The summed E-state index contributed by atoms with van der Waals surface area (Å²) in [7, 11) is 0. The van der Waals surface area contributed by atoms with Crippen LogP contribution in [0.1, 0.15) is 70.3 Å². The fourth-order valence-corrected chi connectivity index (χ4v) is 6.89. The summed E-state index contributed by atoms with van der Waals surface area (Å²) in [6, 6.07) is 7.65. The monoisotopic (exact) mass is 378 g/mol. The zero-order chi connectivity index (χ0) is 19.7. The third-order valence-corrected chi connectivity index (χ3v) is 8.59. The molecular formula is C25H30O3. The minimum absolute atomic E-state index is 0.101. The van der Waals surface area contributed by atoms with Gasteiger partial charge in [-0.3, -0.25) is 4.79 Å². The van der Waals surface area contributed by atoms with E-state index in [1.165, 1.54) is 22.3 Å². The first-order valence-corrected chi connectivity index (χ1v) is 10.8. The summed E-state index contributed by atoms with van der Waals surface area (Å²) in [5.74, 6) is 1.81. The van der Waals surface area contributed by atoms with Crippen LogP contribution in [0.15, 0.2) is 47.1 Å². The summed E-state index contributed by atoms with van der Waals surface area (Å²) in [4.78, 5) is 12.0. The van der Waals surface area contributed by atoms with E-state index in [9.17, 15) is 15.0 Å². The molecule has 5 atom stereocenters. The lowest BCUT2D eigenvalue weighted by molar-refractivity contribution is -0.114. The van der Waals surface area contributed by atoms with Crippen molar-refractivity contribution in [3.05, 3.63) is 52.6 Å². The zero-order valence-corrected chi connectivity index (χ0v) is 16.9. The number of hydrogen-bond donors (Lipinski definition) is 2. The molecule has 0 radical (unpaired) electrons. The first kappa shape index (κ1) is 18.2. The van der Waals surface area contributed by atoms with Gasteiger partial charge in [-0.05, 0) is 92.2 Å². The van der Waals surface area contributed by atoms with Gasteiger partial charge in [0.2, 0.25) is 0 Å². The number of phenolic OH excluding ortho intramolecular Hbond substituents is 1. The number of aromatic hydroxyl groups is 1. The van der Waals surface area contributed by atoms with Gasteiger partial charge < -0.3 is 10.2 Å². The van der Waals surface area contributed by atoms with E-state index in [0.29, 0.717) is 24.0 Å². The Bertz CT molecular complexity index is 889. The van der Waals surface area contributed by atoms with Crippen LogP contribution in [0.2, 0.25) is 0 Å². The normalized spacial score (nSPS) is 39.9. The predicted molar refractivity (Wildman–Crippen MR) is 109 cm³/mol. The largest absolute Gasteiger partial charge is 0.508 e. The second kappa shape index (κ2) is 6.06. The smallest absolute Gasteiger partial charge is 0.156 e. The predicted octanol–water partition coefficient (Wildman–Crippen LogP) is 5.04. The van der Waals surface area contributed by atoms with Crippen molar-refractivity contribution >= 4 is 5.78 Å². The highest BCUT2D eigenvalue weighted by molar-refractivity contribution is 5.93. The Morgan fingerprint density at radius 2 is 1.79 bits per heavy atom. The van der Waals surface area contributed by atoms with Gasteiger partial charge in [-0.25, -0.2) is 0 Å². The Hall–Kier alpha value is -1.87. The average Bonchev–Trinajstić information content (AvgIpc) is 2.90. The van der Waals surface area contributed by atoms with Gasteiger partial charge >= 0.3 is 0 Å². The van der Waals surface area contributed by atoms with Crippen LogP contribution in [0, 0.1) is 17.3 Å². The van der Waals surface area contributed by atoms with E-state index in [2.05, 4.69) is 6.92 Å². The molecule has 0 aromatic heterocycles. The lowest BCUT2D eigenvalue weighted by Gasteiger charge is -2.54. The molecule has 0 heterocycles. The number of carbonyl (C=O) groups is 1. The molecule has 5 rings (SSSR count). The summed E-state index contributed by atoms with van der Waals surface area (Å²) >= 11 is 0. The van der Waals surface area contributed by atoms with Crippen LogP contribution >= 0.6 is 0 Å². The van der Waals surface area contributed by atoms with Gasteiger partial charge in [-0.15, -0.1) is 0 Å². The number of benzene rings is 1. The van der Waals surface area contributed by atoms with E-state index in [-0.39, 0.29) is 17.1 Å². The lowest BCUT2D eigenvalue weighted by atomic mass is 9.51. The van der Waals surface area contributed by atoms with Crippen LogP contribution < -0.4 is 0 Å². The van der Waals surface area contributed by atoms with Crippen LogP contribution in [0.25, 0.3) is 0 Å². The molecule has 1 aromatic rings. The molecule has 0 spiro atoms. The number of rotatable bonds is 1. The van der Waals surface area contributed by atoms with Crippen LogP contribution in [0.4, 0.5) is 0 Å². The van der Waals surface area contributed by atoms with Crippen molar-refractivity contribution in [2.75, 3.05) is 0 Å². The summed E-state index contributed by atoms with van der Waals surface area (Å²) in [6.45, 7) is 4.34. The summed E-state index contributed by atoms with van der Waals surface area (Å²) in [5.41, 5.74) is 4.72. The third kappa shape index (κ3) is 2.48. The van der Waals surface area contributed by atoms with Crippen molar-refractivity contribution in [3.8, 4) is 5.75 Å². The van der Waals surface area contributed by atoms with E-state index >= 15 is 0 Å². The van der Waals surface area contributed by atoms with Crippen molar-refractivity contribution in [2.24, 2.45) is 17.3 Å². The van der Waals surface area contributed by atoms with E-state index in [1.807, 2.05) is 25.1 Å². The Morgan fingerprint density at radius 1 is 1.04 bits per heavy atom. The van der Waals surface area contributed by atoms with Crippen molar-refractivity contribution < 1.29 is 15.0 Å². The molecule has 0 unspecified atom stereocenters. The van der Waals surface area contributed by atoms with Gasteiger partial charge in [-0.1, -0.05) is 24.6 Å². The second-order valence-corrected chi connectivity index (χ2v) is 9.90. The molecular weight excluding hydrogens is 348 g/mol. The van der Waals surface area contributed by atoms with Gasteiger partial charge in [0.15, 0.2) is 5.78 Å². The van der Waals surface area contributed by atoms with Gasteiger partial charge in [0, 0.05) is 17.8 Å². The van der Waals surface area contributed by atoms with E-state index in [0.717, 1.165) is 38.5 Å². The Balaban J connectivity index is 1.69. The van der Waals surface area contributed by atoms with Crippen molar-refractivity contribution in [1.29, 1.82) is 0 Å². The van der Waals surface area contributed by atoms with E-state index in [1.54, 1.807) is 12.1 Å². The Labute approximate surface area is 167 Å². The van der Waals surface area contributed by atoms with Crippen LogP contribution in [0.5, 0.6) is 5.75 Å². The van der Waals surface area contributed by atoms with Gasteiger partial charge in [0.1, 0.15) is 5.75 Å². The first-order valence-electron chi connectivity index (χ1n) is 10.8. The summed E-state index contributed by atoms with van der Waals surface area (Å²) in [5, 5.41) is 21.1. The molecule has 0 amide bonds. The molecule has 2 N–H and O–H groups in total. The van der Waals surface area contributed by atoms with E-state index < -0.39 is 5.60 Å². The Morgan fingerprint density at radius 3 is 2.54 bits per heavy atom. The summed E-state index contributed by atoms with van der Waals surface area (Å²) in [6.07, 6.45) is 8.36. The molecule has 1 aromatic carbocycles. The van der Waals surface area contributed by atoms with Crippen molar-refractivity contribution in [3.63, 3.8) is 0 Å². The van der Waals surface area contributed by atoms with Crippen molar-refractivity contribution in [1.82, 2.24) is 0 Å². The molecule has 148 valence electrons. The number of hydrogen-bond acceptors (Lipinski definition) is 3. The second-order valence-electron chi connectivity index (χ2n) is 9.90. The molecule has 0 saturated heterocycles. The van der Waals surface area contributed by atoms with E-state index in [4.69, 9.17) is 0 Å². The number of fused-ring (bicyclic) bond motifs is 4. The maximum absolute atomic E-state index is 12.0. The lowest BCUT2D eigenvalue weighted by Crippen LogP contribution is -2.50. The fourth-order valence-electron chi connectivity index (χ4n) is 6.89. The van der Waals surface area contributed by atoms with Crippen LogP contribution in [-0.2, 0) is 4.79 Å². The highest BCUT2D eigenvalue weighted by Gasteiger charge is 2.60. The quantitative estimate of drug-likeness (QED) is 0.719. The third-order valence-electron chi connectivity index (χ3n) is 8.59. The maximum atomic E-state index is 12.0. The summed E-state index contributed by atoms with van der Waals surface area (Å²) < 4.78 is 0. The first-order chi connectivity index (χ1) is 13.3. The fraction of sp³-hybridized carbons (Fsp3) is 0.560. The van der Waals surface area contributed by atoms with Gasteiger partial charge in [0.05, 0.1) is 5.60 Å². The number of aliphatic hydroxyl groups is 1. The van der Waals surface area contributed by atoms with Gasteiger partial charge in [-0.2, -0.15) is 0 Å². The highest BCUT2D eigenvalue weighted by atomic mass is 16.3. The minimum Gasteiger partial charge on any atom is -0.508 e. The SMILES string of the molecule is C[C@]1(O)CC[C@H]2[C@@H]3CCC4=CC(=O)CCC4=C3[C@@H](c3ccc(O)cc3)C[C@@]21C. The maximum Gasteiger partial charge on any atom is 0.156 e. The molecule has 2 fully saturated rings. The molecule has 4 aliphatic rings. The standard InChI is InChI=1S/C25H30O3/c1-24-14-21(15-3-6-17(26)7-4-15)23-19-10-8-18(27)13-16(19)5-9-20(23)22(24)11-12-25(24,2)28/h3-4,6-7,13,20-22,26,28H,5,8-12,14H2,1-2H3/t20-,21+,22-,24-,25-/m0/s1. The average molecular weight is 379 g/mol. The number of ketones is 1. The number of carbonyl (C=O) groups excluding carboxylic acids is 1.